The van der Waals surface area contributed by atoms with Crippen LogP contribution >= 0.6 is 0 Å². The smallest absolute Gasteiger partial charge is 0.225 e. The molecule has 2 aliphatic rings. The predicted octanol–water partition coefficient (Wildman–Crippen LogP) is 1.33. The normalized spacial score (nSPS) is 29.4. The molecule has 108 valence electrons. The summed E-state index contributed by atoms with van der Waals surface area (Å²) in [6.45, 7) is 4.88. The molecule has 3 rings (SSSR count). The van der Waals surface area contributed by atoms with Gasteiger partial charge in [0.15, 0.2) is 0 Å². The lowest BCUT2D eigenvalue weighted by Gasteiger charge is -2.33. The number of nitrogens with one attached hydrogen (secondary N) is 1. The summed E-state index contributed by atoms with van der Waals surface area (Å²) < 4.78 is 5.93. The van der Waals surface area contributed by atoms with Gasteiger partial charge in [-0.05, 0) is 24.5 Å². The van der Waals surface area contributed by atoms with Crippen molar-refractivity contribution in [2.75, 3.05) is 20.1 Å². The second-order valence-electron chi connectivity index (χ2n) is 5.87. The largest absolute Gasteiger partial charge is 0.371 e. The Labute approximate surface area is 120 Å². The number of nitrogens with zero attached hydrogens (tertiary/aromatic N) is 1. The zero-order chi connectivity index (χ0) is 14.1. The number of fused-ring (bicyclic) bond motifs is 2. The Kier molecular flexibility index (Phi) is 3.76. The maximum Gasteiger partial charge on any atom is 0.225 e. The lowest BCUT2D eigenvalue weighted by Crippen LogP contribution is -2.44. The van der Waals surface area contributed by atoms with Gasteiger partial charge in [-0.1, -0.05) is 24.3 Å². The zero-order valence-corrected chi connectivity index (χ0v) is 12.1. The van der Waals surface area contributed by atoms with E-state index in [4.69, 9.17) is 4.74 Å². The van der Waals surface area contributed by atoms with E-state index in [0.29, 0.717) is 0 Å². The highest BCUT2D eigenvalue weighted by Gasteiger charge is 2.44. The summed E-state index contributed by atoms with van der Waals surface area (Å²) in [5.41, 5.74) is 2.69. The Morgan fingerprint density at radius 3 is 2.95 bits per heavy atom. The standard InChI is InChI=1S/C16H22N2O2/c1-11-5-3-4-6-12(11)8-18-9-13-7-14(16(19)17-2)15(10-18)20-13/h3-6,13-15H,7-10H2,1-2H3,(H,17,19)/t13-,14-,15+/m0/s1. The van der Waals surface area contributed by atoms with Crippen molar-refractivity contribution in [3.8, 4) is 0 Å². The van der Waals surface area contributed by atoms with E-state index in [-0.39, 0.29) is 24.0 Å². The van der Waals surface area contributed by atoms with Gasteiger partial charge in [0, 0.05) is 26.7 Å². The van der Waals surface area contributed by atoms with E-state index in [1.807, 2.05) is 0 Å². The highest BCUT2D eigenvalue weighted by molar-refractivity contribution is 5.79. The van der Waals surface area contributed by atoms with Crippen LogP contribution in [0.5, 0.6) is 0 Å². The number of carbonyl (C=O) groups excluding carboxylic acids is 1. The van der Waals surface area contributed by atoms with Gasteiger partial charge in [0.25, 0.3) is 0 Å². The van der Waals surface area contributed by atoms with E-state index in [9.17, 15) is 4.79 Å². The summed E-state index contributed by atoms with van der Waals surface area (Å²) >= 11 is 0. The lowest BCUT2D eigenvalue weighted by molar-refractivity contribution is -0.127. The van der Waals surface area contributed by atoms with Gasteiger partial charge in [-0.2, -0.15) is 0 Å². The van der Waals surface area contributed by atoms with Gasteiger partial charge < -0.3 is 10.1 Å². The van der Waals surface area contributed by atoms with E-state index < -0.39 is 0 Å². The third-order valence-electron chi connectivity index (χ3n) is 4.47. The fourth-order valence-corrected chi connectivity index (χ4v) is 3.36. The topological polar surface area (TPSA) is 41.6 Å². The third-order valence-corrected chi connectivity index (χ3v) is 4.47. The van der Waals surface area contributed by atoms with Crippen LogP contribution in [0.3, 0.4) is 0 Å². The van der Waals surface area contributed by atoms with Crippen LogP contribution in [-0.4, -0.2) is 43.2 Å². The first-order valence-electron chi connectivity index (χ1n) is 7.31. The molecule has 2 aliphatic heterocycles. The Morgan fingerprint density at radius 2 is 2.20 bits per heavy atom. The van der Waals surface area contributed by atoms with Crippen LogP contribution in [0.15, 0.2) is 24.3 Å². The molecule has 2 saturated heterocycles. The van der Waals surface area contributed by atoms with Gasteiger partial charge in [-0.25, -0.2) is 0 Å². The van der Waals surface area contributed by atoms with Crippen molar-refractivity contribution in [2.45, 2.75) is 32.1 Å². The maximum atomic E-state index is 11.9. The second-order valence-corrected chi connectivity index (χ2v) is 5.87. The van der Waals surface area contributed by atoms with Crippen LogP contribution < -0.4 is 5.32 Å². The van der Waals surface area contributed by atoms with Crippen molar-refractivity contribution in [3.63, 3.8) is 0 Å². The van der Waals surface area contributed by atoms with Crippen LogP contribution in [0.25, 0.3) is 0 Å². The number of hydrogen-bond acceptors (Lipinski definition) is 3. The number of morpholine rings is 1. The van der Waals surface area contributed by atoms with Crippen LogP contribution in [0.4, 0.5) is 0 Å². The quantitative estimate of drug-likeness (QED) is 0.904. The number of likely N-dealkylation sites (tertiary alicyclic amines) is 1. The zero-order valence-electron chi connectivity index (χ0n) is 12.1. The van der Waals surface area contributed by atoms with E-state index in [0.717, 1.165) is 26.1 Å². The maximum absolute atomic E-state index is 11.9. The molecule has 3 atom stereocenters. The minimum atomic E-state index is 0.0203. The number of benzene rings is 1. The van der Waals surface area contributed by atoms with Crippen LogP contribution in [-0.2, 0) is 16.1 Å². The van der Waals surface area contributed by atoms with Crippen molar-refractivity contribution in [1.29, 1.82) is 0 Å². The SMILES string of the molecule is CNC(=O)[C@H]1C[C@H]2CN(Cc3ccccc3C)C[C@H]1O2. The minimum Gasteiger partial charge on any atom is -0.371 e. The molecular weight excluding hydrogens is 252 g/mol. The van der Waals surface area contributed by atoms with Crippen molar-refractivity contribution in [1.82, 2.24) is 10.2 Å². The molecule has 20 heavy (non-hydrogen) atoms. The predicted molar refractivity (Wildman–Crippen MR) is 77.3 cm³/mol. The highest BCUT2D eigenvalue weighted by Crippen LogP contribution is 2.32. The number of amides is 1. The molecule has 1 aromatic carbocycles. The molecule has 2 heterocycles. The molecule has 1 N–H and O–H groups in total. The van der Waals surface area contributed by atoms with Gasteiger partial charge in [0.1, 0.15) is 0 Å². The molecule has 1 amide bonds. The Balaban J connectivity index is 1.67. The van der Waals surface area contributed by atoms with Crippen molar-refractivity contribution >= 4 is 5.91 Å². The van der Waals surface area contributed by atoms with Crippen molar-refractivity contribution < 1.29 is 9.53 Å². The van der Waals surface area contributed by atoms with Crippen molar-refractivity contribution in [2.24, 2.45) is 5.92 Å². The molecule has 1 aromatic rings. The first kappa shape index (κ1) is 13.6. The molecule has 0 saturated carbocycles. The first-order valence-corrected chi connectivity index (χ1v) is 7.31. The number of carbonyl (C=O) groups is 1. The van der Waals surface area contributed by atoms with E-state index in [1.54, 1.807) is 7.05 Å². The molecule has 4 heteroatoms. The molecule has 0 unspecified atom stereocenters. The highest BCUT2D eigenvalue weighted by atomic mass is 16.5. The van der Waals surface area contributed by atoms with Crippen LogP contribution in [0, 0.1) is 12.8 Å². The number of ether oxygens (including phenoxy) is 1. The average molecular weight is 274 g/mol. The fraction of sp³-hybridized carbons (Fsp3) is 0.562. The molecular formula is C16H22N2O2. The molecule has 4 nitrogen and oxygen atoms in total. The average Bonchev–Trinajstić information content (AvgIpc) is 2.75. The Hall–Kier alpha value is -1.39. The van der Waals surface area contributed by atoms with Gasteiger partial charge in [-0.15, -0.1) is 0 Å². The van der Waals surface area contributed by atoms with E-state index in [1.165, 1.54) is 11.1 Å². The summed E-state index contributed by atoms with van der Waals surface area (Å²) in [5.74, 6) is 0.141. The molecule has 2 fully saturated rings. The molecule has 0 spiro atoms. The third kappa shape index (κ3) is 2.58. The molecule has 0 aromatic heterocycles. The first-order chi connectivity index (χ1) is 9.67. The summed E-state index contributed by atoms with van der Waals surface area (Å²) in [6.07, 6.45) is 1.12. The van der Waals surface area contributed by atoms with E-state index >= 15 is 0 Å². The second kappa shape index (κ2) is 5.54. The van der Waals surface area contributed by atoms with Crippen molar-refractivity contribution in [3.05, 3.63) is 35.4 Å². The van der Waals surface area contributed by atoms with Crippen LogP contribution in [0.1, 0.15) is 17.5 Å². The monoisotopic (exact) mass is 274 g/mol. The summed E-state index contributed by atoms with van der Waals surface area (Å²) in [7, 11) is 1.70. The van der Waals surface area contributed by atoms with Gasteiger partial charge >= 0.3 is 0 Å². The summed E-state index contributed by atoms with van der Waals surface area (Å²) in [4.78, 5) is 14.3. The lowest BCUT2D eigenvalue weighted by atomic mass is 10.00. The molecule has 0 radical (unpaired) electrons. The number of aryl methyl sites for hydroxylation is 1. The van der Waals surface area contributed by atoms with Gasteiger partial charge in [0.2, 0.25) is 5.91 Å². The minimum absolute atomic E-state index is 0.0203. The number of rotatable bonds is 3. The summed E-state index contributed by atoms with van der Waals surface area (Å²) in [6, 6.07) is 8.49. The summed E-state index contributed by atoms with van der Waals surface area (Å²) in [5, 5.41) is 2.76. The Morgan fingerprint density at radius 1 is 1.40 bits per heavy atom. The van der Waals surface area contributed by atoms with E-state index in [2.05, 4.69) is 41.4 Å². The molecule has 0 aliphatic carbocycles. The molecule has 2 bridgehead atoms. The number of hydrogen-bond donors (Lipinski definition) is 1. The van der Waals surface area contributed by atoms with Gasteiger partial charge in [0.05, 0.1) is 18.1 Å². The fourth-order valence-electron chi connectivity index (χ4n) is 3.36. The Bertz CT molecular complexity index is 503. The van der Waals surface area contributed by atoms with Gasteiger partial charge in [-0.3, -0.25) is 9.69 Å². The van der Waals surface area contributed by atoms with Crippen LogP contribution in [0.2, 0.25) is 0 Å².